The third-order valence-electron chi connectivity index (χ3n) is 6.65. The number of hydrogen-bond donors (Lipinski definition) is 2. The van der Waals surface area contributed by atoms with Gasteiger partial charge in [0.15, 0.2) is 11.6 Å². The van der Waals surface area contributed by atoms with Crippen molar-refractivity contribution >= 4 is 11.7 Å². The zero-order chi connectivity index (χ0) is 28.5. The summed E-state index contributed by atoms with van der Waals surface area (Å²) in [4.78, 5) is 21.1. The number of halogens is 4. The average Bonchev–Trinajstić information content (AvgIpc) is 3.48. The number of alkyl halides is 3. The minimum atomic E-state index is -4.47. The van der Waals surface area contributed by atoms with Gasteiger partial charge in [-0.15, -0.1) is 5.10 Å². The number of ether oxygens (including phenoxy) is 1. The summed E-state index contributed by atoms with van der Waals surface area (Å²) >= 11 is 0. The van der Waals surface area contributed by atoms with Crippen LogP contribution in [0.25, 0.3) is 11.1 Å². The van der Waals surface area contributed by atoms with Crippen LogP contribution in [0.3, 0.4) is 0 Å². The van der Waals surface area contributed by atoms with Gasteiger partial charge in [-0.3, -0.25) is 9.48 Å². The Kier molecular flexibility index (Phi) is 7.27. The first-order valence-electron chi connectivity index (χ1n) is 12.3. The van der Waals surface area contributed by atoms with Crippen molar-refractivity contribution in [2.45, 2.75) is 43.8 Å². The lowest BCUT2D eigenvalue weighted by molar-refractivity contribution is -0.165. The second kappa shape index (κ2) is 10.7. The summed E-state index contributed by atoms with van der Waals surface area (Å²) < 4.78 is 66.3. The molecule has 0 saturated heterocycles. The number of aliphatic hydroxyl groups is 1. The van der Waals surface area contributed by atoms with Crippen LogP contribution in [-0.4, -0.2) is 55.8 Å². The van der Waals surface area contributed by atoms with Gasteiger partial charge in [-0.25, -0.2) is 14.4 Å². The molecule has 3 aromatic heterocycles. The molecule has 1 aliphatic rings. The van der Waals surface area contributed by atoms with Crippen LogP contribution in [0.1, 0.15) is 35.6 Å². The van der Waals surface area contributed by atoms with Crippen molar-refractivity contribution in [2.75, 3.05) is 19.0 Å². The maximum absolute atomic E-state index is 14.8. The first-order valence-corrected chi connectivity index (χ1v) is 12.3. The zero-order valence-electron chi connectivity index (χ0n) is 21.2. The van der Waals surface area contributed by atoms with Crippen molar-refractivity contribution in [1.82, 2.24) is 24.9 Å². The highest BCUT2D eigenvalue weighted by atomic mass is 19.4. The van der Waals surface area contributed by atoms with E-state index in [1.807, 2.05) is 0 Å². The summed E-state index contributed by atoms with van der Waals surface area (Å²) in [7, 11) is 1.49. The van der Waals surface area contributed by atoms with Crippen LogP contribution in [0.4, 0.5) is 23.4 Å². The minimum absolute atomic E-state index is 0.0656. The third-order valence-corrected chi connectivity index (χ3v) is 6.65. The number of amides is 1. The van der Waals surface area contributed by atoms with Crippen LogP contribution in [0.5, 0.6) is 5.88 Å². The molecule has 210 valence electrons. The number of carbonyl (C=O) groups is 1. The molecule has 1 aliphatic carbocycles. The summed E-state index contributed by atoms with van der Waals surface area (Å²) in [6.45, 7) is 0.257. The molecule has 0 unspecified atom stereocenters. The Morgan fingerprint density at radius 3 is 2.55 bits per heavy atom. The van der Waals surface area contributed by atoms with Crippen molar-refractivity contribution < 1.29 is 36.7 Å². The lowest BCUT2D eigenvalue weighted by Crippen LogP contribution is -2.28. The van der Waals surface area contributed by atoms with E-state index >= 15 is 0 Å². The van der Waals surface area contributed by atoms with E-state index in [1.165, 1.54) is 19.2 Å². The van der Waals surface area contributed by atoms with Gasteiger partial charge in [-0.2, -0.15) is 13.2 Å². The lowest BCUT2D eigenvalue weighted by Gasteiger charge is -2.14. The summed E-state index contributed by atoms with van der Waals surface area (Å²) in [5.74, 6) is -0.933. The number of methoxy groups -OCH3 is 1. The third kappa shape index (κ3) is 5.52. The van der Waals surface area contributed by atoms with E-state index in [0.29, 0.717) is 35.8 Å². The number of carbonyl (C=O) groups excluding carboxylic acids is 1. The van der Waals surface area contributed by atoms with Crippen molar-refractivity contribution in [3.05, 3.63) is 71.4 Å². The molecule has 0 bridgehead atoms. The van der Waals surface area contributed by atoms with E-state index in [1.54, 1.807) is 29.3 Å². The monoisotopic (exact) mass is 560 g/mol. The van der Waals surface area contributed by atoms with Gasteiger partial charge < -0.3 is 19.7 Å². The predicted molar refractivity (Wildman–Crippen MR) is 132 cm³/mol. The second-order valence-electron chi connectivity index (χ2n) is 9.40. The van der Waals surface area contributed by atoms with Crippen LogP contribution in [-0.2, 0) is 29.6 Å². The van der Waals surface area contributed by atoms with Gasteiger partial charge in [0.2, 0.25) is 11.8 Å². The number of nitrogens with one attached hydrogen (secondary N) is 1. The number of aliphatic hydroxyl groups excluding tert-OH is 1. The normalized spacial score (nSPS) is 14.2. The Bertz CT molecular complexity index is 1510. The van der Waals surface area contributed by atoms with Gasteiger partial charge in [0.25, 0.3) is 0 Å². The standard InChI is InChI=1S/C26H24F4N6O4/c1-39-24-17(14-36(34-24)6-7-37)9-21-31-12-18(13-32-21)15-2-3-16(19(27)8-15)10-23(38)33-22-11-20(40-35-22)25(4-5-25)26(28,29)30/h2-3,8,11-14,37H,4-7,9-10H2,1H3,(H,33,35,38). The first kappa shape index (κ1) is 27.2. The molecule has 1 saturated carbocycles. The zero-order valence-corrected chi connectivity index (χ0v) is 21.2. The second-order valence-corrected chi connectivity index (χ2v) is 9.40. The van der Waals surface area contributed by atoms with Crippen molar-refractivity contribution in [2.24, 2.45) is 0 Å². The Morgan fingerprint density at radius 2 is 1.93 bits per heavy atom. The van der Waals surface area contributed by atoms with E-state index in [9.17, 15) is 22.4 Å². The quantitative estimate of drug-likeness (QED) is 0.280. The smallest absolute Gasteiger partial charge is 0.401 e. The van der Waals surface area contributed by atoms with Crippen LogP contribution in [0, 0.1) is 5.82 Å². The van der Waals surface area contributed by atoms with Crippen molar-refractivity contribution in [3.8, 4) is 17.0 Å². The van der Waals surface area contributed by atoms with Crippen molar-refractivity contribution in [3.63, 3.8) is 0 Å². The summed E-state index contributed by atoms with van der Waals surface area (Å²) in [5.41, 5.74) is -0.182. The fourth-order valence-electron chi connectivity index (χ4n) is 4.30. The molecule has 5 rings (SSSR count). The largest absolute Gasteiger partial charge is 0.480 e. The molecule has 10 nitrogen and oxygen atoms in total. The van der Waals surface area contributed by atoms with Crippen LogP contribution < -0.4 is 10.1 Å². The van der Waals surface area contributed by atoms with E-state index in [0.717, 1.165) is 11.6 Å². The Morgan fingerprint density at radius 1 is 1.18 bits per heavy atom. The molecule has 1 amide bonds. The molecule has 4 aromatic rings. The first-order chi connectivity index (χ1) is 19.1. The molecule has 0 radical (unpaired) electrons. The number of benzene rings is 1. The SMILES string of the molecule is COc1nn(CCO)cc1Cc1ncc(-c2ccc(CC(=O)Nc3cc(C4(C(F)(F)F)CC4)on3)c(F)c2)cn1. The molecule has 1 fully saturated rings. The van der Waals surface area contributed by atoms with Crippen LogP contribution in [0.15, 0.2) is 47.4 Å². The van der Waals surface area contributed by atoms with Gasteiger partial charge in [-0.1, -0.05) is 17.3 Å². The summed E-state index contributed by atoms with van der Waals surface area (Å²) in [5, 5.41) is 19.2. The Balaban J connectivity index is 1.21. The summed E-state index contributed by atoms with van der Waals surface area (Å²) in [6.07, 6.45) is 0.133. The fraction of sp³-hybridized carbons (Fsp3) is 0.346. The van der Waals surface area contributed by atoms with E-state index in [2.05, 4.69) is 25.5 Å². The number of anilines is 1. The van der Waals surface area contributed by atoms with Gasteiger partial charge in [0.1, 0.15) is 17.1 Å². The number of rotatable bonds is 10. The van der Waals surface area contributed by atoms with E-state index < -0.39 is 23.3 Å². The Labute approximate surface area is 225 Å². The summed E-state index contributed by atoms with van der Waals surface area (Å²) in [6, 6.07) is 5.35. The number of aromatic nitrogens is 5. The highest BCUT2D eigenvalue weighted by Crippen LogP contribution is 2.59. The molecule has 2 N–H and O–H groups in total. The van der Waals surface area contributed by atoms with E-state index in [-0.39, 0.29) is 43.0 Å². The number of hydrogen-bond acceptors (Lipinski definition) is 8. The minimum Gasteiger partial charge on any atom is -0.480 e. The van der Waals surface area contributed by atoms with Crippen molar-refractivity contribution in [1.29, 1.82) is 0 Å². The highest BCUT2D eigenvalue weighted by Gasteiger charge is 2.66. The van der Waals surface area contributed by atoms with Crippen LogP contribution >= 0.6 is 0 Å². The van der Waals surface area contributed by atoms with Gasteiger partial charge in [-0.05, 0) is 30.0 Å². The molecule has 40 heavy (non-hydrogen) atoms. The molecule has 1 aromatic carbocycles. The molecule has 0 spiro atoms. The van der Waals surface area contributed by atoms with Gasteiger partial charge in [0.05, 0.1) is 26.7 Å². The van der Waals surface area contributed by atoms with Gasteiger partial charge >= 0.3 is 6.18 Å². The molecular weight excluding hydrogens is 536 g/mol. The Hall–Kier alpha value is -4.33. The fourth-order valence-corrected chi connectivity index (χ4v) is 4.30. The molecule has 0 aliphatic heterocycles. The van der Waals surface area contributed by atoms with Gasteiger partial charge in [0, 0.05) is 42.2 Å². The number of nitrogens with zero attached hydrogens (tertiary/aromatic N) is 5. The molecule has 0 atom stereocenters. The maximum Gasteiger partial charge on any atom is 0.401 e. The lowest BCUT2D eigenvalue weighted by atomic mass is 10.0. The molecular formula is C26H24F4N6O4. The van der Waals surface area contributed by atoms with Crippen LogP contribution in [0.2, 0.25) is 0 Å². The molecule has 3 heterocycles. The topological polar surface area (TPSA) is 128 Å². The predicted octanol–water partition coefficient (Wildman–Crippen LogP) is 3.83. The molecule has 14 heteroatoms. The van der Waals surface area contributed by atoms with E-state index in [4.69, 9.17) is 14.4 Å². The average molecular weight is 561 g/mol. The maximum atomic E-state index is 14.8. The highest BCUT2D eigenvalue weighted by molar-refractivity contribution is 5.91.